The fourth-order valence-corrected chi connectivity index (χ4v) is 1.83. The van der Waals surface area contributed by atoms with Crippen LogP contribution >= 0.6 is 23.2 Å². The molecule has 0 aliphatic heterocycles. The smallest absolute Gasteiger partial charge is 0.151 e. The second kappa shape index (κ2) is 3.60. The number of benzene rings is 2. The average molecular weight is 225 g/mol. The van der Waals surface area contributed by atoms with Crippen LogP contribution in [0.4, 0.5) is 0 Å². The SMILES string of the molecule is O=Cc1ccc2cc(Cl)ccc2c1Cl. The van der Waals surface area contributed by atoms with Gasteiger partial charge in [-0.1, -0.05) is 35.3 Å². The van der Waals surface area contributed by atoms with E-state index in [1.165, 1.54) is 0 Å². The third-order valence-corrected chi connectivity index (χ3v) is 2.73. The molecular formula is C11H6Cl2O. The Morgan fingerprint density at radius 2 is 1.86 bits per heavy atom. The highest BCUT2D eigenvalue weighted by Gasteiger charge is 2.04. The molecule has 14 heavy (non-hydrogen) atoms. The Balaban J connectivity index is 2.83. The topological polar surface area (TPSA) is 17.1 Å². The highest BCUT2D eigenvalue weighted by atomic mass is 35.5. The Hall–Kier alpha value is -1.05. The molecule has 0 N–H and O–H groups in total. The van der Waals surface area contributed by atoms with Crippen LogP contribution in [0.15, 0.2) is 30.3 Å². The van der Waals surface area contributed by atoms with E-state index in [-0.39, 0.29) is 0 Å². The van der Waals surface area contributed by atoms with Crippen LogP contribution in [0.5, 0.6) is 0 Å². The van der Waals surface area contributed by atoms with E-state index >= 15 is 0 Å². The fourth-order valence-electron chi connectivity index (χ4n) is 1.37. The largest absolute Gasteiger partial charge is 0.298 e. The Morgan fingerprint density at radius 3 is 2.57 bits per heavy atom. The van der Waals surface area contributed by atoms with Gasteiger partial charge in [0.15, 0.2) is 6.29 Å². The molecule has 3 heteroatoms. The van der Waals surface area contributed by atoms with E-state index in [0.29, 0.717) is 15.6 Å². The Morgan fingerprint density at radius 1 is 1.07 bits per heavy atom. The van der Waals surface area contributed by atoms with Crippen LogP contribution in [0.2, 0.25) is 10.0 Å². The molecular weight excluding hydrogens is 219 g/mol. The molecule has 0 amide bonds. The van der Waals surface area contributed by atoms with Gasteiger partial charge >= 0.3 is 0 Å². The Bertz CT molecular complexity index is 506. The number of hydrogen-bond donors (Lipinski definition) is 0. The predicted molar refractivity (Wildman–Crippen MR) is 59.4 cm³/mol. The van der Waals surface area contributed by atoms with E-state index in [2.05, 4.69) is 0 Å². The molecule has 0 saturated heterocycles. The van der Waals surface area contributed by atoms with Crippen LogP contribution in [-0.2, 0) is 0 Å². The normalized spacial score (nSPS) is 10.4. The predicted octanol–water partition coefficient (Wildman–Crippen LogP) is 3.96. The van der Waals surface area contributed by atoms with Crippen molar-refractivity contribution in [2.45, 2.75) is 0 Å². The number of fused-ring (bicyclic) bond motifs is 1. The van der Waals surface area contributed by atoms with Crippen LogP contribution in [0.25, 0.3) is 10.8 Å². The van der Waals surface area contributed by atoms with Gasteiger partial charge in [0.05, 0.1) is 5.02 Å². The van der Waals surface area contributed by atoms with Gasteiger partial charge < -0.3 is 0 Å². The molecule has 2 rings (SSSR count). The molecule has 0 heterocycles. The van der Waals surface area contributed by atoms with Crippen molar-refractivity contribution in [1.29, 1.82) is 0 Å². The number of aldehydes is 1. The van der Waals surface area contributed by atoms with Gasteiger partial charge in [0.25, 0.3) is 0 Å². The molecule has 0 spiro atoms. The zero-order chi connectivity index (χ0) is 10.1. The summed E-state index contributed by atoms with van der Waals surface area (Å²) in [5.41, 5.74) is 0.501. The minimum atomic E-state index is 0.481. The molecule has 0 saturated carbocycles. The number of carbonyl (C=O) groups excluding carboxylic acids is 1. The van der Waals surface area contributed by atoms with Crippen molar-refractivity contribution in [3.05, 3.63) is 45.9 Å². The van der Waals surface area contributed by atoms with Gasteiger partial charge in [-0.2, -0.15) is 0 Å². The Labute approximate surface area is 91.2 Å². The molecule has 0 fully saturated rings. The zero-order valence-electron chi connectivity index (χ0n) is 7.13. The molecule has 0 unspecified atom stereocenters. The maximum atomic E-state index is 10.6. The van der Waals surface area contributed by atoms with E-state index in [9.17, 15) is 4.79 Å². The summed E-state index contributed by atoms with van der Waals surface area (Å²) >= 11 is 11.9. The molecule has 1 nitrogen and oxygen atoms in total. The van der Waals surface area contributed by atoms with Crippen molar-refractivity contribution in [3.63, 3.8) is 0 Å². The lowest BCUT2D eigenvalue weighted by Gasteiger charge is -2.02. The van der Waals surface area contributed by atoms with Crippen LogP contribution in [0.1, 0.15) is 10.4 Å². The van der Waals surface area contributed by atoms with Crippen LogP contribution < -0.4 is 0 Å². The fraction of sp³-hybridized carbons (Fsp3) is 0. The summed E-state index contributed by atoms with van der Waals surface area (Å²) in [5, 5.41) is 2.93. The van der Waals surface area contributed by atoms with Crippen molar-refractivity contribution in [3.8, 4) is 0 Å². The summed E-state index contributed by atoms with van der Waals surface area (Å²) in [6, 6.07) is 8.90. The van der Waals surface area contributed by atoms with Crippen LogP contribution in [-0.4, -0.2) is 6.29 Å². The van der Waals surface area contributed by atoms with Crippen molar-refractivity contribution in [2.24, 2.45) is 0 Å². The summed E-state index contributed by atoms with van der Waals surface area (Å²) in [7, 11) is 0. The van der Waals surface area contributed by atoms with E-state index in [4.69, 9.17) is 23.2 Å². The third kappa shape index (κ3) is 1.49. The van der Waals surface area contributed by atoms with Crippen molar-refractivity contribution < 1.29 is 4.79 Å². The average Bonchev–Trinajstić information content (AvgIpc) is 2.18. The van der Waals surface area contributed by atoms with Crippen LogP contribution in [0.3, 0.4) is 0 Å². The minimum Gasteiger partial charge on any atom is -0.298 e. The molecule has 2 aromatic rings. The molecule has 70 valence electrons. The first-order valence-electron chi connectivity index (χ1n) is 4.05. The minimum absolute atomic E-state index is 0.481. The van der Waals surface area contributed by atoms with Gasteiger partial charge in [-0.3, -0.25) is 4.79 Å². The molecule has 0 aromatic heterocycles. The highest BCUT2D eigenvalue weighted by Crippen LogP contribution is 2.28. The van der Waals surface area contributed by atoms with Gasteiger partial charge in [0, 0.05) is 16.0 Å². The quantitative estimate of drug-likeness (QED) is 0.671. The monoisotopic (exact) mass is 224 g/mol. The van der Waals surface area contributed by atoms with Crippen molar-refractivity contribution >= 4 is 40.3 Å². The number of halogens is 2. The van der Waals surface area contributed by atoms with E-state index in [1.54, 1.807) is 12.1 Å². The van der Waals surface area contributed by atoms with Gasteiger partial charge in [-0.05, 0) is 23.6 Å². The van der Waals surface area contributed by atoms with Crippen molar-refractivity contribution in [1.82, 2.24) is 0 Å². The third-order valence-electron chi connectivity index (χ3n) is 2.07. The standard InChI is InChI=1S/C11H6Cl2O/c12-9-3-4-10-7(5-9)1-2-8(6-14)11(10)13/h1-6H. The highest BCUT2D eigenvalue weighted by molar-refractivity contribution is 6.38. The summed E-state index contributed by atoms with van der Waals surface area (Å²) in [5.74, 6) is 0. The first-order valence-corrected chi connectivity index (χ1v) is 4.81. The molecule has 0 bridgehead atoms. The summed E-state index contributed by atoms with van der Waals surface area (Å²) in [6.45, 7) is 0. The summed E-state index contributed by atoms with van der Waals surface area (Å²) in [4.78, 5) is 10.6. The first-order chi connectivity index (χ1) is 6.72. The van der Waals surface area contributed by atoms with Crippen molar-refractivity contribution in [2.75, 3.05) is 0 Å². The van der Waals surface area contributed by atoms with E-state index in [1.807, 2.05) is 18.2 Å². The van der Waals surface area contributed by atoms with Gasteiger partial charge in [0.1, 0.15) is 0 Å². The maximum Gasteiger partial charge on any atom is 0.151 e. The van der Waals surface area contributed by atoms with Gasteiger partial charge in [-0.25, -0.2) is 0 Å². The molecule has 0 aliphatic carbocycles. The summed E-state index contributed by atoms with van der Waals surface area (Å²) < 4.78 is 0. The molecule has 0 aliphatic rings. The first kappa shape index (κ1) is 9.50. The molecule has 2 aromatic carbocycles. The van der Waals surface area contributed by atoms with Gasteiger partial charge in [0.2, 0.25) is 0 Å². The van der Waals surface area contributed by atoms with Gasteiger partial charge in [-0.15, -0.1) is 0 Å². The zero-order valence-corrected chi connectivity index (χ0v) is 8.64. The second-order valence-corrected chi connectivity index (χ2v) is 3.77. The maximum absolute atomic E-state index is 10.6. The summed E-state index contributed by atoms with van der Waals surface area (Å²) in [6.07, 6.45) is 0.746. The lowest BCUT2D eigenvalue weighted by Crippen LogP contribution is -1.83. The number of hydrogen-bond acceptors (Lipinski definition) is 1. The number of rotatable bonds is 1. The molecule has 0 radical (unpaired) electrons. The van der Waals surface area contributed by atoms with E-state index in [0.717, 1.165) is 17.1 Å². The number of carbonyl (C=O) groups is 1. The van der Waals surface area contributed by atoms with E-state index < -0.39 is 0 Å². The molecule has 0 atom stereocenters. The lowest BCUT2D eigenvalue weighted by molar-refractivity contribution is 0.112. The van der Waals surface area contributed by atoms with Crippen LogP contribution in [0, 0.1) is 0 Å². The second-order valence-electron chi connectivity index (χ2n) is 2.95. The lowest BCUT2D eigenvalue weighted by atomic mass is 10.1. The Kier molecular flexibility index (Phi) is 2.44.